The molecule has 0 aliphatic heterocycles. The van der Waals surface area contributed by atoms with E-state index in [0.717, 1.165) is 0 Å². The van der Waals surface area contributed by atoms with Crippen molar-refractivity contribution in [2.24, 2.45) is 0 Å². The van der Waals surface area contributed by atoms with Crippen molar-refractivity contribution in [1.82, 2.24) is 9.97 Å². The summed E-state index contributed by atoms with van der Waals surface area (Å²) in [4.78, 5) is 7.00. The minimum Gasteiger partial charge on any atom is -0.348 e. The van der Waals surface area contributed by atoms with Gasteiger partial charge >= 0.3 is 0 Å². The molecular weight excluding hydrogens is 148 g/mol. The predicted molar refractivity (Wildman–Crippen MR) is 44.5 cm³/mol. The maximum Gasteiger partial charge on any atom is 0.0921 e. The lowest BCUT2D eigenvalue weighted by atomic mass is 9.93. The van der Waals surface area contributed by atoms with Crippen LogP contribution in [0.1, 0.15) is 26.5 Å². The summed E-state index contributed by atoms with van der Waals surface area (Å²) in [6.07, 6.45) is 3.57. The quantitative estimate of drug-likeness (QED) is 0.619. The van der Waals surface area contributed by atoms with Crippen LogP contribution in [0.2, 0.25) is 0 Å². The van der Waals surface area contributed by atoms with Crippen LogP contribution in [0.5, 0.6) is 0 Å². The molecule has 0 aliphatic rings. The smallest absolute Gasteiger partial charge is 0.0921 e. The van der Waals surface area contributed by atoms with Gasteiger partial charge in [0.2, 0.25) is 0 Å². The molecule has 1 aromatic rings. The first-order chi connectivity index (χ1) is 4.11. The Kier molecular flexibility index (Phi) is 2.91. The van der Waals surface area contributed by atoms with E-state index in [1.54, 1.807) is 6.33 Å². The third-order valence-corrected chi connectivity index (χ3v) is 1.31. The number of halogens is 1. The molecule has 0 radical (unpaired) electrons. The molecule has 2 nitrogen and oxygen atoms in total. The van der Waals surface area contributed by atoms with Gasteiger partial charge in [-0.2, -0.15) is 0 Å². The summed E-state index contributed by atoms with van der Waals surface area (Å²) in [5.74, 6) is 0. The monoisotopic (exact) mass is 160 g/mol. The molecule has 1 heterocycles. The SMILES string of the molecule is CC(C)(C)c1cnc[nH]1.Cl. The highest BCUT2D eigenvalue weighted by molar-refractivity contribution is 5.85. The van der Waals surface area contributed by atoms with Crippen LogP contribution in [0.3, 0.4) is 0 Å². The molecule has 10 heavy (non-hydrogen) atoms. The summed E-state index contributed by atoms with van der Waals surface area (Å²) >= 11 is 0. The molecule has 0 aromatic carbocycles. The maximum atomic E-state index is 3.93. The number of aromatic amines is 1. The third-order valence-electron chi connectivity index (χ3n) is 1.31. The van der Waals surface area contributed by atoms with Crippen molar-refractivity contribution in [3.63, 3.8) is 0 Å². The van der Waals surface area contributed by atoms with Crippen LogP contribution in [-0.2, 0) is 5.41 Å². The van der Waals surface area contributed by atoms with E-state index in [2.05, 4.69) is 30.7 Å². The van der Waals surface area contributed by atoms with Crippen LogP contribution >= 0.6 is 12.4 Å². The van der Waals surface area contributed by atoms with Gasteiger partial charge < -0.3 is 4.98 Å². The zero-order chi connectivity index (χ0) is 6.91. The van der Waals surface area contributed by atoms with E-state index in [9.17, 15) is 0 Å². The van der Waals surface area contributed by atoms with Gasteiger partial charge in [0, 0.05) is 17.3 Å². The number of hydrogen-bond donors (Lipinski definition) is 1. The predicted octanol–water partition coefficient (Wildman–Crippen LogP) is 2.13. The standard InChI is InChI=1S/C7H12N2.ClH/c1-7(2,3)6-4-8-5-9-6;/h4-5H,1-3H3,(H,8,9);1H. The summed E-state index contributed by atoms with van der Waals surface area (Å²) < 4.78 is 0. The molecule has 0 unspecified atom stereocenters. The number of nitrogens with zero attached hydrogens (tertiary/aromatic N) is 1. The van der Waals surface area contributed by atoms with E-state index in [-0.39, 0.29) is 17.8 Å². The Morgan fingerprint density at radius 3 is 2.20 bits per heavy atom. The summed E-state index contributed by atoms with van der Waals surface area (Å²) in [5, 5.41) is 0. The third kappa shape index (κ3) is 2.03. The van der Waals surface area contributed by atoms with E-state index in [1.165, 1.54) is 5.69 Å². The Morgan fingerprint density at radius 1 is 1.40 bits per heavy atom. The zero-order valence-electron chi connectivity index (χ0n) is 6.51. The van der Waals surface area contributed by atoms with Crippen molar-refractivity contribution in [2.45, 2.75) is 26.2 Å². The van der Waals surface area contributed by atoms with E-state index in [0.29, 0.717) is 0 Å². The fourth-order valence-electron chi connectivity index (χ4n) is 0.666. The van der Waals surface area contributed by atoms with Gasteiger partial charge in [-0.1, -0.05) is 20.8 Å². The van der Waals surface area contributed by atoms with Crippen LogP contribution in [0.15, 0.2) is 12.5 Å². The van der Waals surface area contributed by atoms with E-state index >= 15 is 0 Å². The Labute approximate surface area is 67.5 Å². The lowest BCUT2D eigenvalue weighted by molar-refractivity contribution is 0.572. The van der Waals surface area contributed by atoms with Crippen molar-refractivity contribution in [2.75, 3.05) is 0 Å². The van der Waals surface area contributed by atoms with Crippen LogP contribution < -0.4 is 0 Å². The van der Waals surface area contributed by atoms with Gasteiger partial charge in [0.05, 0.1) is 6.33 Å². The Bertz CT molecular complexity index is 174. The second-order valence-corrected chi connectivity index (χ2v) is 3.22. The fraction of sp³-hybridized carbons (Fsp3) is 0.571. The van der Waals surface area contributed by atoms with Gasteiger partial charge in [-0.05, 0) is 0 Å². The minimum atomic E-state index is 0. The Hall–Kier alpha value is -0.500. The number of rotatable bonds is 0. The Balaban J connectivity index is 0.000000810. The molecule has 1 N–H and O–H groups in total. The van der Waals surface area contributed by atoms with Gasteiger partial charge in [0.15, 0.2) is 0 Å². The molecule has 0 spiro atoms. The highest BCUT2D eigenvalue weighted by Crippen LogP contribution is 2.17. The summed E-state index contributed by atoms with van der Waals surface area (Å²) in [6.45, 7) is 6.46. The second-order valence-electron chi connectivity index (χ2n) is 3.22. The van der Waals surface area contributed by atoms with Gasteiger partial charge in [-0.25, -0.2) is 4.98 Å². The highest BCUT2D eigenvalue weighted by Gasteiger charge is 2.13. The van der Waals surface area contributed by atoms with E-state index < -0.39 is 0 Å². The molecule has 0 aliphatic carbocycles. The second kappa shape index (κ2) is 3.06. The molecule has 0 amide bonds. The topological polar surface area (TPSA) is 28.7 Å². The van der Waals surface area contributed by atoms with Crippen LogP contribution in [0, 0.1) is 0 Å². The van der Waals surface area contributed by atoms with Crippen LogP contribution in [0.25, 0.3) is 0 Å². The first kappa shape index (κ1) is 9.50. The van der Waals surface area contributed by atoms with Crippen molar-refractivity contribution in [3.8, 4) is 0 Å². The molecule has 3 heteroatoms. The number of hydrogen-bond acceptors (Lipinski definition) is 1. The average Bonchev–Trinajstić information content (AvgIpc) is 2.08. The van der Waals surface area contributed by atoms with Gasteiger partial charge in [0.1, 0.15) is 0 Å². The van der Waals surface area contributed by atoms with Gasteiger partial charge in [-0.3, -0.25) is 0 Å². The first-order valence-corrected chi connectivity index (χ1v) is 3.09. The van der Waals surface area contributed by atoms with Crippen molar-refractivity contribution >= 4 is 12.4 Å². The van der Waals surface area contributed by atoms with Gasteiger partial charge in [-0.15, -0.1) is 12.4 Å². The minimum absolute atomic E-state index is 0. The number of imidazole rings is 1. The van der Waals surface area contributed by atoms with E-state index in [1.807, 2.05) is 6.20 Å². The van der Waals surface area contributed by atoms with E-state index in [4.69, 9.17) is 0 Å². The molecule has 0 fully saturated rings. The molecule has 0 bridgehead atoms. The van der Waals surface area contributed by atoms with Crippen LogP contribution in [-0.4, -0.2) is 9.97 Å². The molecule has 0 saturated carbocycles. The maximum absolute atomic E-state index is 3.93. The fourth-order valence-corrected chi connectivity index (χ4v) is 0.666. The summed E-state index contributed by atoms with van der Waals surface area (Å²) in [5.41, 5.74) is 1.39. The highest BCUT2D eigenvalue weighted by atomic mass is 35.5. The lowest BCUT2D eigenvalue weighted by Crippen LogP contribution is -2.10. The molecule has 1 rings (SSSR count). The summed E-state index contributed by atoms with van der Waals surface area (Å²) in [7, 11) is 0. The number of H-pyrrole nitrogens is 1. The lowest BCUT2D eigenvalue weighted by Gasteiger charge is -2.14. The summed E-state index contributed by atoms with van der Waals surface area (Å²) in [6, 6.07) is 0. The Morgan fingerprint density at radius 2 is 2.00 bits per heavy atom. The molecule has 0 atom stereocenters. The molecule has 0 saturated heterocycles. The first-order valence-electron chi connectivity index (χ1n) is 3.09. The van der Waals surface area contributed by atoms with Crippen molar-refractivity contribution in [3.05, 3.63) is 18.2 Å². The average molecular weight is 161 g/mol. The number of aromatic nitrogens is 2. The van der Waals surface area contributed by atoms with Crippen LogP contribution in [0.4, 0.5) is 0 Å². The van der Waals surface area contributed by atoms with Crippen molar-refractivity contribution in [1.29, 1.82) is 0 Å². The zero-order valence-corrected chi connectivity index (χ0v) is 7.33. The largest absolute Gasteiger partial charge is 0.348 e. The normalized spacial score (nSPS) is 10.7. The van der Waals surface area contributed by atoms with Gasteiger partial charge in [0.25, 0.3) is 0 Å². The molecule has 1 aromatic heterocycles. The number of nitrogens with one attached hydrogen (secondary N) is 1. The molecule has 58 valence electrons. The molecular formula is C7H13ClN2. The van der Waals surface area contributed by atoms with Crippen molar-refractivity contribution < 1.29 is 0 Å².